The van der Waals surface area contributed by atoms with E-state index in [9.17, 15) is 0 Å². The lowest BCUT2D eigenvalue weighted by Crippen LogP contribution is -1.99. The van der Waals surface area contributed by atoms with Gasteiger partial charge in [0.1, 0.15) is 0 Å². The monoisotopic (exact) mass is 217 g/mol. The van der Waals surface area contributed by atoms with Gasteiger partial charge in [0, 0.05) is 17.8 Å². The van der Waals surface area contributed by atoms with Crippen LogP contribution < -0.4 is 4.90 Å². The minimum Gasteiger partial charge on any atom is -0.361 e. The fourth-order valence-corrected chi connectivity index (χ4v) is 2.69. The Labute approximate surface area is 99.5 Å². The largest absolute Gasteiger partial charge is 0.361 e. The van der Waals surface area contributed by atoms with Gasteiger partial charge in [-0.3, -0.25) is 0 Å². The average molecular weight is 217 g/mol. The molecule has 1 nitrogen and oxygen atoms in total. The van der Waals surface area contributed by atoms with Crippen molar-refractivity contribution in [3.05, 3.63) is 29.8 Å². The van der Waals surface area contributed by atoms with E-state index in [0.29, 0.717) is 0 Å². The van der Waals surface area contributed by atoms with Crippen LogP contribution >= 0.6 is 0 Å². The Morgan fingerprint density at radius 2 is 1.44 bits per heavy atom. The summed E-state index contributed by atoms with van der Waals surface area (Å²) in [7, 11) is 0. The first kappa shape index (κ1) is 11.5. The summed E-state index contributed by atoms with van der Waals surface area (Å²) in [6, 6.07) is 10.6. The highest BCUT2D eigenvalue weighted by atomic mass is 15.4. The molecular formula is C15H23N. The van der Waals surface area contributed by atoms with E-state index in [2.05, 4.69) is 49.9 Å². The number of rotatable bonds is 5. The SMILES string of the molecule is CCCC1C(CCC)N1c1ccc(C)cc1. The second-order valence-corrected chi connectivity index (χ2v) is 4.95. The molecule has 16 heavy (non-hydrogen) atoms. The Kier molecular flexibility index (Phi) is 3.52. The molecule has 0 saturated carbocycles. The van der Waals surface area contributed by atoms with Crippen LogP contribution in [0.25, 0.3) is 0 Å². The Hall–Kier alpha value is -0.980. The van der Waals surface area contributed by atoms with Crippen LogP contribution in [0.15, 0.2) is 24.3 Å². The van der Waals surface area contributed by atoms with Gasteiger partial charge < -0.3 is 4.90 Å². The van der Waals surface area contributed by atoms with Crippen LogP contribution in [0.1, 0.15) is 45.1 Å². The summed E-state index contributed by atoms with van der Waals surface area (Å²) in [5.74, 6) is 0. The molecule has 0 aromatic heterocycles. The maximum Gasteiger partial charge on any atom is 0.0497 e. The van der Waals surface area contributed by atoms with Gasteiger partial charge in [-0.15, -0.1) is 0 Å². The first-order valence-corrected chi connectivity index (χ1v) is 6.63. The smallest absolute Gasteiger partial charge is 0.0497 e. The van der Waals surface area contributed by atoms with Crippen LogP contribution in [0.4, 0.5) is 5.69 Å². The first-order valence-electron chi connectivity index (χ1n) is 6.63. The Bertz CT molecular complexity index is 316. The van der Waals surface area contributed by atoms with Crippen LogP contribution in [0.5, 0.6) is 0 Å². The lowest BCUT2D eigenvalue weighted by Gasteiger charge is -2.06. The van der Waals surface area contributed by atoms with E-state index < -0.39 is 0 Å². The van der Waals surface area contributed by atoms with Crippen molar-refractivity contribution >= 4 is 5.69 Å². The number of hydrogen-bond acceptors (Lipinski definition) is 1. The van der Waals surface area contributed by atoms with E-state index in [0.717, 1.165) is 12.1 Å². The second-order valence-electron chi connectivity index (χ2n) is 4.95. The maximum atomic E-state index is 2.60. The van der Waals surface area contributed by atoms with Crippen molar-refractivity contribution in [2.24, 2.45) is 0 Å². The van der Waals surface area contributed by atoms with Crippen molar-refractivity contribution in [2.45, 2.75) is 58.5 Å². The Balaban J connectivity index is 2.06. The normalized spacial score (nSPS) is 23.6. The van der Waals surface area contributed by atoms with Gasteiger partial charge in [-0.25, -0.2) is 0 Å². The predicted molar refractivity (Wildman–Crippen MR) is 71.1 cm³/mol. The highest BCUT2D eigenvalue weighted by molar-refractivity contribution is 5.57. The molecule has 0 N–H and O–H groups in total. The fourth-order valence-electron chi connectivity index (χ4n) is 2.69. The lowest BCUT2D eigenvalue weighted by atomic mass is 10.1. The molecule has 1 aliphatic rings. The molecule has 1 aromatic rings. The molecule has 1 fully saturated rings. The van der Waals surface area contributed by atoms with Crippen molar-refractivity contribution in [1.29, 1.82) is 0 Å². The molecule has 1 heterocycles. The van der Waals surface area contributed by atoms with Crippen molar-refractivity contribution in [1.82, 2.24) is 0 Å². The highest BCUT2D eigenvalue weighted by Gasteiger charge is 2.45. The summed E-state index contributed by atoms with van der Waals surface area (Å²) < 4.78 is 0. The molecule has 0 radical (unpaired) electrons. The Morgan fingerprint density at radius 3 is 1.88 bits per heavy atom. The van der Waals surface area contributed by atoms with Gasteiger partial charge in [0.25, 0.3) is 0 Å². The van der Waals surface area contributed by atoms with Crippen molar-refractivity contribution in [3.63, 3.8) is 0 Å². The molecule has 0 bridgehead atoms. The number of hydrogen-bond donors (Lipinski definition) is 0. The lowest BCUT2D eigenvalue weighted by molar-refractivity contribution is 0.712. The van der Waals surface area contributed by atoms with Gasteiger partial charge in [-0.2, -0.15) is 0 Å². The predicted octanol–water partition coefficient (Wildman–Crippen LogP) is 4.15. The first-order chi connectivity index (χ1) is 7.77. The van der Waals surface area contributed by atoms with Crippen LogP contribution in [0.2, 0.25) is 0 Å². The quantitative estimate of drug-likeness (QED) is 0.669. The number of anilines is 1. The van der Waals surface area contributed by atoms with E-state index in [1.165, 1.54) is 36.9 Å². The zero-order chi connectivity index (χ0) is 11.5. The molecule has 2 unspecified atom stereocenters. The molecule has 0 amide bonds. The molecule has 88 valence electrons. The molecule has 1 heteroatoms. The van der Waals surface area contributed by atoms with Crippen LogP contribution in [-0.4, -0.2) is 12.1 Å². The third-order valence-electron chi connectivity index (χ3n) is 3.57. The molecule has 2 atom stereocenters. The van der Waals surface area contributed by atoms with Crippen molar-refractivity contribution < 1.29 is 0 Å². The van der Waals surface area contributed by atoms with Gasteiger partial charge in [-0.05, 0) is 31.9 Å². The van der Waals surface area contributed by atoms with Gasteiger partial charge in [0.15, 0.2) is 0 Å². The number of nitrogens with zero attached hydrogens (tertiary/aromatic N) is 1. The topological polar surface area (TPSA) is 3.01 Å². The molecular weight excluding hydrogens is 194 g/mol. The third kappa shape index (κ3) is 2.23. The summed E-state index contributed by atoms with van der Waals surface area (Å²) in [5, 5.41) is 0. The summed E-state index contributed by atoms with van der Waals surface area (Å²) in [6.45, 7) is 6.72. The zero-order valence-corrected chi connectivity index (χ0v) is 10.7. The molecule has 0 spiro atoms. The average Bonchev–Trinajstić information content (AvgIpc) is 2.94. The highest BCUT2D eigenvalue weighted by Crippen LogP contribution is 2.40. The Morgan fingerprint density at radius 1 is 0.938 bits per heavy atom. The van der Waals surface area contributed by atoms with Crippen LogP contribution in [-0.2, 0) is 0 Å². The molecule has 1 saturated heterocycles. The maximum absolute atomic E-state index is 2.60. The number of aryl methyl sites for hydroxylation is 1. The van der Waals surface area contributed by atoms with Gasteiger partial charge in [0.05, 0.1) is 0 Å². The van der Waals surface area contributed by atoms with E-state index >= 15 is 0 Å². The van der Waals surface area contributed by atoms with Crippen molar-refractivity contribution in [2.75, 3.05) is 4.90 Å². The van der Waals surface area contributed by atoms with E-state index in [-0.39, 0.29) is 0 Å². The van der Waals surface area contributed by atoms with E-state index in [4.69, 9.17) is 0 Å². The van der Waals surface area contributed by atoms with Crippen molar-refractivity contribution in [3.8, 4) is 0 Å². The molecule has 1 aromatic carbocycles. The minimum atomic E-state index is 0.813. The van der Waals surface area contributed by atoms with E-state index in [1.807, 2.05) is 0 Å². The summed E-state index contributed by atoms with van der Waals surface area (Å²) >= 11 is 0. The van der Waals surface area contributed by atoms with E-state index in [1.54, 1.807) is 0 Å². The van der Waals surface area contributed by atoms with Crippen LogP contribution in [0.3, 0.4) is 0 Å². The fraction of sp³-hybridized carbons (Fsp3) is 0.600. The standard InChI is InChI=1S/C15H23N/c1-4-6-14-15(7-5-2)16(14)13-10-8-12(3)9-11-13/h8-11,14-15H,4-7H2,1-3H3. The summed E-state index contributed by atoms with van der Waals surface area (Å²) in [4.78, 5) is 2.60. The van der Waals surface area contributed by atoms with Crippen LogP contribution in [0, 0.1) is 6.92 Å². The molecule has 1 aliphatic heterocycles. The second kappa shape index (κ2) is 4.90. The minimum absolute atomic E-state index is 0.813. The van der Waals surface area contributed by atoms with Gasteiger partial charge in [0.2, 0.25) is 0 Å². The molecule has 0 aliphatic carbocycles. The summed E-state index contributed by atoms with van der Waals surface area (Å²) in [5.41, 5.74) is 2.77. The zero-order valence-electron chi connectivity index (χ0n) is 10.7. The third-order valence-corrected chi connectivity index (χ3v) is 3.57. The van der Waals surface area contributed by atoms with Gasteiger partial charge >= 0.3 is 0 Å². The summed E-state index contributed by atoms with van der Waals surface area (Å²) in [6.07, 6.45) is 5.29. The van der Waals surface area contributed by atoms with Gasteiger partial charge in [-0.1, -0.05) is 44.4 Å². The molecule has 2 rings (SSSR count). The number of benzene rings is 1.